The van der Waals surface area contributed by atoms with Gasteiger partial charge in [0.2, 0.25) is 0 Å². The molecule has 2 aromatic rings. The average Bonchev–Trinajstić information content (AvgIpc) is 2.49. The quantitative estimate of drug-likeness (QED) is 0.929. The number of nitrogens with two attached hydrogens (primary N) is 1. The predicted molar refractivity (Wildman–Crippen MR) is 89.8 cm³/mol. The molecule has 0 amide bonds. The van der Waals surface area contributed by atoms with Crippen molar-refractivity contribution < 1.29 is 0 Å². The zero-order chi connectivity index (χ0) is 14.7. The van der Waals surface area contributed by atoms with Crippen LogP contribution in [0.4, 0.5) is 5.69 Å². The molecule has 0 bridgehead atoms. The molecule has 2 aromatic carbocycles. The van der Waals surface area contributed by atoms with Crippen LogP contribution >= 0.6 is 0 Å². The van der Waals surface area contributed by atoms with E-state index in [9.17, 15) is 0 Å². The molecular formula is C19H24N2. The summed E-state index contributed by atoms with van der Waals surface area (Å²) >= 11 is 0. The van der Waals surface area contributed by atoms with Crippen LogP contribution in [0.15, 0.2) is 42.5 Å². The van der Waals surface area contributed by atoms with E-state index in [1.54, 1.807) is 0 Å². The molecule has 0 radical (unpaired) electrons. The van der Waals surface area contributed by atoms with Gasteiger partial charge in [-0.25, -0.2) is 0 Å². The zero-order valence-corrected chi connectivity index (χ0v) is 12.8. The first-order valence-electron chi connectivity index (χ1n) is 7.88. The molecule has 0 fully saturated rings. The Balaban J connectivity index is 1.77. The van der Waals surface area contributed by atoms with E-state index in [4.69, 9.17) is 5.73 Å². The Hall–Kier alpha value is -1.80. The molecule has 2 N–H and O–H groups in total. The summed E-state index contributed by atoms with van der Waals surface area (Å²) in [5.41, 5.74) is 12.6. The smallest absolute Gasteiger partial charge is 0.0429 e. The molecule has 1 heterocycles. The third-order valence-electron chi connectivity index (χ3n) is 4.28. The van der Waals surface area contributed by atoms with E-state index in [1.807, 2.05) is 0 Å². The second-order valence-electron chi connectivity index (χ2n) is 6.01. The third-order valence-corrected chi connectivity index (χ3v) is 4.28. The first-order valence-corrected chi connectivity index (χ1v) is 7.88. The first-order chi connectivity index (χ1) is 10.3. The van der Waals surface area contributed by atoms with Gasteiger partial charge in [-0.2, -0.15) is 0 Å². The van der Waals surface area contributed by atoms with Crippen molar-refractivity contribution in [1.82, 2.24) is 0 Å². The van der Waals surface area contributed by atoms with Crippen molar-refractivity contribution in [3.63, 3.8) is 0 Å². The highest BCUT2D eigenvalue weighted by molar-refractivity contribution is 5.57. The minimum Gasteiger partial charge on any atom is -0.367 e. The largest absolute Gasteiger partial charge is 0.367 e. The minimum absolute atomic E-state index is 0.720. The standard InChI is InChI=1S/C19H24N2/c1-15-4-9-19-18(13-15)3-2-12-21(19)14-17-7-5-16(6-8-17)10-11-20/h4-9,13H,2-3,10-12,14,20H2,1H3. The van der Waals surface area contributed by atoms with Crippen molar-refractivity contribution in [2.45, 2.75) is 32.7 Å². The highest BCUT2D eigenvalue weighted by Gasteiger charge is 2.16. The SMILES string of the molecule is Cc1ccc2c(c1)CCCN2Cc1ccc(CCN)cc1. The maximum atomic E-state index is 5.61. The average molecular weight is 280 g/mol. The molecule has 0 saturated heterocycles. The number of aryl methyl sites for hydroxylation is 2. The lowest BCUT2D eigenvalue weighted by molar-refractivity contribution is 0.690. The van der Waals surface area contributed by atoms with Gasteiger partial charge in [-0.3, -0.25) is 0 Å². The van der Waals surface area contributed by atoms with Crippen molar-refractivity contribution in [2.24, 2.45) is 5.73 Å². The summed E-state index contributed by atoms with van der Waals surface area (Å²) in [5, 5.41) is 0. The minimum atomic E-state index is 0.720. The number of anilines is 1. The Labute approximate surface area is 127 Å². The summed E-state index contributed by atoms with van der Waals surface area (Å²) in [6.45, 7) is 5.05. The van der Waals surface area contributed by atoms with Crippen LogP contribution < -0.4 is 10.6 Å². The molecule has 2 heteroatoms. The van der Waals surface area contributed by atoms with Crippen molar-refractivity contribution in [2.75, 3.05) is 18.0 Å². The summed E-state index contributed by atoms with van der Waals surface area (Å²) in [6.07, 6.45) is 3.43. The lowest BCUT2D eigenvalue weighted by Crippen LogP contribution is -2.28. The summed E-state index contributed by atoms with van der Waals surface area (Å²) in [5.74, 6) is 0. The van der Waals surface area contributed by atoms with Crippen LogP contribution in [0.25, 0.3) is 0 Å². The predicted octanol–water partition coefficient (Wildman–Crippen LogP) is 3.45. The second kappa shape index (κ2) is 6.31. The van der Waals surface area contributed by atoms with Crippen LogP contribution in [-0.2, 0) is 19.4 Å². The fourth-order valence-corrected chi connectivity index (χ4v) is 3.17. The number of rotatable bonds is 4. The lowest BCUT2D eigenvalue weighted by Gasteiger charge is -2.31. The van der Waals surface area contributed by atoms with Crippen molar-refractivity contribution in [3.8, 4) is 0 Å². The van der Waals surface area contributed by atoms with E-state index in [0.29, 0.717) is 0 Å². The normalized spacial score (nSPS) is 14.1. The van der Waals surface area contributed by atoms with Gasteiger partial charge in [-0.15, -0.1) is 0 Å². The van der Waals surface area contributed by atoms with Crippen LogP contribution in [0.3, 0.4) is 0 Å². The summed E-state index contributed by atoms with van der Waals surface area (Å²) in [6, 6.07) is 15.8. The Morgan fingerprint density at radius 3 is 2.57 bits per heavy atom. The van der Waals surface area contributed by atoms with Crippen LogP contribution in [0.5, 0.6) is 0 Å². The molecule has 110 valence electrons. The Morgan fingerprint density at radius 1 is 1.05 bits per heavy atom. The Bertz CT molecular complexity index is 601. The maximum absolute atomic E-state index is 5.61. The second-order valence-corrected chi connectivity index (χ2v) is 6.01. The molecule has 0 atom stereocenters. The van der Waals surface area contributed by atoms with Crippen LogP contribution in [0.2, 0.25) is 0 Å². The van der Waals surface area contributed by atoms with Gasteiger partial charge < -0.3 is 10.6 Å². The van der Waals surface area contributed by atoms with Gasteiger partial charge in [0.05, 0.1) is 0 Å². The zero-order valence-electron chi connectivity index (χ0n) is 12.8. The summed E-state index contributed by atoms with van der Waals surface area (Å²) in [7, 11) is 0. The van der Waals surface area contributed by atoms with Crippen LogP contribution in [0, 0.1) is 6.92 Å². The van der Waals surface area contributed by atoms with Gasteiger partial charge in [0.1, 0.15) is 0 Å². The van der Waals surface area contributed by atoms with Crippen molar-refractivity contribution in [3.05, 3.63) is 64.7 Å². The van der Waals surface area contributed by atoms with Gasteiger partial charge >= 0.3 is 0 Å². The molecule has 0 spiro atoms. The molecule has 1 aliphatic rings. The maximum Gasteiger partial charge on any atom is 0.0429 e. The molecule has 2 nitrogen and oxygen atoms in total. The topological polar surface area (TPSA) is 29.3 Å². The van der Waals surface area contributed by atoms with E-state index < -0.39 is 0 Å². The molecule has 21 heavy (non-hydrogen) atoms. The molecule has 0 saturated carbocycles. The number of fused-ring (bicyclic) bond motifs is 1. The molecule has 0 aromatic heterocycles. The van der Waals surface area contributed by atoms with E-state index in [0.717, 1.165) is 26.1 Å². The Morgan fingerprint density at radius 2 is 1.81 bits per heavy atom. The highest BCUT2D eigenvalue weighted by atomic mass is 15.1. The molecule has 1 aliphatic heterocycles. The number of hydrogen-bond acceptors (Lipinski definition) is 2. The van der Waals surface area contributed by atoms with E-state index in [2.05, 4.69) is 54.3 Å². The summed E-state index contributed by atoms with van der Waals surface area (Å²) in [4.78, 5) is 2.51. The highest BCUT2D eigenvalue weighted by Crippen LogP contribution is 2.29. The van der Waals surface area contributed by atoms with Crippen molar-refractivity contribution in [1.29, 1.82) is 0 Å². The Kier molecular flexibility index (Phi) is 4.26. The third kappa shape index (κ3) is 3.27. The van der Waals surface area contributed by atoms with E-state index >= 15 is 0 Å². The van der Waals surface area contributed by atoms with Crippen molar-refractivity contribution >= 4 is 5.69 Å². The molecule has 3 rings (SSSR count). The lowest BCUT2D eigenvalue weighted by atomic mass is 9.99. The first kappa shape index (κ1) is 14.2. The van der Waals surface area contributed by atoms with Gasteiger partial charge in [0.25, 0.3) is 0 Å². The number of hydrogen-bond donors (Lipinski definition) is 1. The number of benzene rings is 2. The van der Waals surface area contributed by atoms with Crippen LogP contribution in [0.1, 0.15) is 28.7 Å². The number of nitrogens with zero attached hydrogens (tertiary/aromatic N) is 1. The van der Waals surface area contributed by atoms with Gasteiger partial charge in [0, 0.05) is 18.8 Å². The van der Waals surface area contributed by atoms with Gasteiger partial charge in [-0.1, -0.05) is 42.0 Å². The fraction of sp³-hybridized carbons (Fsp3) is 0.368. The molecule has 0 unspecified atom stereocenters. The van der Waals surface area contributed by atoms with E-state index in [-0.39, 0.29) is 0 Å². The summed E-state index contributed by atoms with van der Waals surface area (Å²) < 4.78 is 0. The van der Waals surface area contributed by atoms with E-state index in [1.165, 1.54) is 40.8 Å². The molecular weight excluding hydrogens is 256 g/mol. The molecule has 0 aliphatic carbocycles. The van der Waals surface area contributed by atoms with Gasteiger partial charge in [0.15, 0.2) is 0 Å². The monoisotopic (exact) mass is 280 g/mol. The van der Waals surface area contributed by atoms with Crippen LogP contribution in [-0.4, -0.2) is 13.1 Å². The van der Waals surface area contributed by atoms with Gasteiger partial charge in [-0.05, 0) is 55.5 Å². The fourth-order valence-electron chi connectivity index (χ4n) is 3.17.